The number of carbonyl (C=O) groups is 1. The second-order valence-corrected chi connectivity index (χ2v) is 9.26. The van der Waals surface area contributed by atoms with E-state index in [1.165, 1.54) is 4.31 Å². The van der Waals surface area contributed by atoms with Gasteiger partial charge in [-0.15, -0.1) is 0 Å². The molecule has 0 spiro atoms. The fourth-order valence-corrected chi connectivity index (χ4v) is 5.26. The second kappa shape index (κ2) is 9.15. The largest absolute Gasteiger partial charge is 0.362 e. The summed E-state index contributed by atoms with van der Waals surface area (Å²) in [6, 6.07) is 12.6. The molecule has 1 amide bonds. The highest BCUT2D eigenvalue weighted by Crippen LogP contribution is 2.31. The van der Waals surface area contributed by atoms with Gasteiger partial charge >= 0.3 is 0 Å². The summed E-state index contributed by atoms with van der Waals surface area (Å²) >= 11 is 6.13. The van der Waals surface area contributed by atoms with Crippen LogP contribution in [0.15, 0.2) is 47.4 Å². The van der Waals surface area contributed by atoms with Crippen LogP contribution in [0, 0.1) is 0 Å². The van der Waals surface area contributed by atoms with Crippen LogP contribution < -0.4 is 10.2 Å². The van der Waals surface area contributed by atoms with Gasteiger partial charge in [-0.2, -0.15) is 4.31 Å². The molecule has 29 heavy (non-hydrogen) atoms. The number of amides is 1. The minimum absolute atomic E-state index is 0.0994. The maximum atomic E-state index is 12.7. The first-order chi connectivity index (χ1) is 13.9. The molecule has 0 unspecified atom stereocenters. The van der Waals surface area contributed by atoms with E-state index in [1.54, 1.807) is 24.3 Å². The van der Waals surface area contributed by atoms with Crippen LogP contribution in [0.5, 0.6) is 0 Å². The lowest BCUT2D eigenvalue weighted by Gasteiger charge is -2.21. The molecule has 2 aromatic rings. The summed E-state index contributed by atoms with van der Waals surface area (Å²) in [6.07, 6.45) is 0.717. The summed E-state index contributed by atoms with van der Waals surface area (Å²) in [5.74, 6) is -0.0994. The molecule has 0 fully saturated rings. The van der Waals surface area contributed by atoms with Crippen LogP contribution >= 0.6 is 11.6 Å². The van der Waals surface area contributed by atoms with E-state index >= 15 is 0 Å². The Kier molecular flexibility index (Phi) is 6.82. The maximum absolute atomic E-state index is 12.7. The fourth-order valence-electron chi connectivity index (χ4n) is 3.55. The first-order valence-corrected chi connectivity index (χ1v) is 11.6. The number of anilines is 1. The van der Waals surface area contributed by atoms with Crippen LogP contribution in [0.2, 0.25) is 5.02 Å². The second-order valence-electron chi connectivity index (χ2n) is 6.92. The Bertz CT molecular complexity index is 990. The van der Waals surface area contributed by atoms with Gasteiger partial charge in [-0.05, 0) is 41.8 Å². The van der Waals surface area contributed by atoms with Gasteiger partial charge in [0.2, 0.25) is 15.9 Å². The third kappa shape index (κ3) is 4.74. The van der Waals surface area contributed by atoms with E-state index in [0.717, 1.165) is 23.2 Å². The average molecular weight is 436 g/mol. The summed E-state index contributed by atoms with van der Waals surface area (Å²) in [5, 5.41) is 3.52. The number of benzene rings is 2. The lowest BCUT2D eigenvalue weighted by atomic mass is 10.2. The topological polar surface area (TPSA) is 69.7 Å². The molecule has 0 atom stereocenters. The summed E-state index contributed by atoms with van der Waals surface area (Å²) in [7, 11) is -3.48. The SMILES string of the molecule is CCN(CC)S(=O)(=O)c1ccc2c(c1)CCN2CC(=O)NCc1ccccc1Cl. The number of fused-ring (bicyclic) bond motifs is 1. The lowest BCUT2D eigenvalue weighted by molar-refractivity contribution is -0.119. The van der Waals surface area contributed by atoms with Crippen LogP contribution in [-0.2, 0) is 27.8 Å². The molecule has 2 aromatic carbocycles. The van der Waals surface area contributed by atoms with Crippen molar-refractivity contribution in [3.63, 3.8) is 0 Å². The average Bonchev–Trinajstić information content (AvgIpc) is 3.10. The molecule has 0 saturated heterocycles. The van der Waals surface area contributed by atoms with Crippen molar-refractivity contribution in [1.82, 2.24) is 9.62 Å². The Morgan fingerprint density at radius 3 is 2.59 bits per heavy atom. The van der Waals surface area contributed by atoms with Crippen molar-refractivity contribution in [2.24, 2.45) is 0 Å². The first-order valence-electron chi connectivity index (χ1n) is 9.75. The number of nitrogens with zero attached hydrogens (tertiary/aromatic N) is 2. The molecule has 1 heterocycles. The van der Waals surface area contributed by atoms with Crippen molar-refractivity contribution < 1.29 is 13.2 Å². The zero-order valence-corrected chi connectivity index (χ0v) is 18.3. The van der Waals surface area contributed by atoms with Gasteiger partial charge in [0.15, 0.2) is 0 Å². The van der Waals surface area contributed by atoms with Crippen LogP contribution in [0.3, 0.4) is 0 Å². The quantitative estimate of drug-likeness (QED) is 0.691. The van der Waals surface area contributed by atoms with Crippen molar-refractivity contribution in [1.29, 1.82) is 0 Å². The first kappa shape index (κ1) is 21.6. The van der Waals surface area contributed by atoms with E-state index < -0.39 is 10.0 Å². The Balaban J connectivity index is 1.67. The van der Waals surface area contributed by atoms with Gasteiger partial charge in [0, 0.05) is 36.9 Å². The normalized spacial score (nSPS) is 13.6. The summed E-state index contributed by atoms with van der Waals surface area (Å²) in [5.41, 5.74) is 2.74. The van der Waals surface area contributed by atoms with E-state index in [9.17, 15) is 13.2 Å². The van der Waals surface area contributed by atoms with Crippen molar-refractivity contribution in [2.45, 2.75) is 31.7 Å². The van der Waals surface area contributed by atoms with Crippen LogP contribution in [-0.4, -0.2) is 44.8 Å². The monoisotopic (exact) mass is 435 g/mol. The molecule has 8 heteroatoms. The summed E-state index contributed by atoms with van der Waals surface area (Å²) in [6.45, 7) is 5.82. The predicted octanol–water partition coefficient (Wildman–Crippen LogP) is 3.05. The highest BCUT2D eigenvalue weighted by atomic mass is 35.5. The molecule has 156 valence electrons. The van der Waals surface area contributed by atoms with Gasteiger partial charge in [-0.3, -0.25) is 4.79 Å². The Labute approximate surface area is 177 Å². The van der Waals surface area contributed by atoms with Gasteiger partial charge in [0.05, 0.1) is 11.4 Å². The van der Waals surface area contributed by atoms with Crippen molar-refractivity contribution >= 4 is 33.2 Å². The summed E-state index contributed by atoms with van der Waals surface area (Å²) < 4.78 is 26.9. The molecule has 3 rings (SSSR count). The van der Waals surface area contributed by atoms with Crippen LogP contribution in [0.25, 0.3) is 0 Å². The van der Waals surface area contributed by atoms with Crippen molar-refractivity contribution in [2.75, 3.05) is 31.1 Å². The van der Waals surface area contributed by atoms with E-state index in [0.29, 0.717) is 36.1 Å². The number of rotatable bonds is 8. The van der Waals surface area contributed by atoms with Crippen molar-refractivity contribution in [3.8, 4) is 0 Å². The minimum Gasteiger partial charge on any atom is -0.362 e. The Hall–Kier alpha value is -2.09. The molecule has 0 aliphatic carbocycles. The van der Waals surface area contributed by atoms with Crippen LogP contribution in [0.4, 0.5) is 5.69 Å². The smallest absolute Gasteiger partial charge is 0.243 e. The maximum Gasteiger partial charge on any atom is 0.243 e. The van der Waals surface area contributed by atoms with Gasteiger partial charge in [-0.25, -0.2) is 8.42 Å². The van der Waals surface area contributed by atoms with E-state index in [4.69, 9.17) is 11.6 Å². The number of carbonyl (C=O) groups excluding carboxylic acids is 1. The molecule has 0 saturated carbocycles. The number of hydrogen-bond acceptors (Lipinski definition) is 4. The number of nitrogens with one attached hydrogen (secondary N) is 1. The number of halogens is 1. The standard InChI is InChI=1S/C21H26ClN3O3S/c1-3-25(4-2)29(27,28)18-9-10-20-16(13-18)11-12-24(20)15-21(26)23-14-17-7-5-6-8-19(17)22/h5-10,13H,3-4,11-12,14-15H2,1-2H3,(H,23,26). The molecule has 1 aliphatic rings. The third-order valence-electron chi connectivity index (χ3n) is 5.15. The van der Waals surface area contributed by atoms with Gasteiger partial charge in [0.25, 0.3) is 0 Å². The van der Waals surface area contributed by atoms with Gasteiger partial charge in [0.1, 0.15) is 0 Å². The van der Waals surface area contributed by atoms with Gasteiger partial charge in [-0.1, -0.05) is 43.6 Å². The molecular weight excluding hydrogens is 410 g/mol. The minimum atomic E-state index is -3.48. The summed E-state index contributed by atoms with van der Waals surface area (Å²) in [4.78, 5) is 14.7. The fraction of sp³-hybridized carbons (Fsp3) is 0.381. The van der Waals surface area contributed by atoms with Gasteiger partial charge < -0.3 is 10.2 Å². The molecular formula is C21H26ClN3O3S. The lowest BCUT2D eigenvalue weighted by Crippen LogP contribution is -2.36. The molecule has 0 aromatic heterocycles. The molecule has 6 nitrogen and oxygen atoms in total. The highest BCUT2D eigenvalue weighted by Gasteiger charge is 2.26. The Morgan fingerprint density at radius 1 is 1.17 bits per heavy atom. The highest BCUT2D eigenvalue weighted by molar-refractivity contribution is 7.89. The van der Waals surface area contributed by atoms with Crippen LogP contribution in [0.1, 0.15) is 25.0 Å². The van der Waals surface area contributed by atoms with E-state index in [-0.39, 0.29) is 12.5 Å². The Morgan fingerprint density at radius 2 is 1.90 bits per heavy atom. The molecule has 1 aliphatic heterocycles. The van der Waals surface area contributed by atoms with Crippen molar-refractivity contribution in [3.05, 3.63) is 58.6 Å². The molecule has 0 bridgehead atoms. The zero-order valence-electron chi connectivity index (χ0n) is 16.7. The number of sulfonamides is 1. The predicted molar refractivity (Wildman–Crippen MR) is 116 cm³/mol. The van der Waals surface area contributed by atoms with E-state index in [2.05, 4.69) is 5.32 Å². The number of hydrogen-bond donors (Lipinski definition) is 1. The molecule has 1 N–H and O–H groups in total. The van der Waals surface area contributed by atoms with E-state index in [1.807, 2.05) is 36.9 Å². The third-order valence-corrected chi connectivity index (χ3v) is 7.57. The molecule has 0 radical (unpaired) electrons. The zero-order chi connectivity index (χ0) is 21.0.